The highest BCUT2D eigenvalue weighted by Gasteiger charge is 2.50. The van der Waals surface area contributed by atoms with Crippen LogP contribution in [0.25, 0.3) is 10.8 Å². The molecule has 3 aliphatic rings. The first-order valence-corrected chi connectivity index (χ1v) is 20.6. The summed E-state index contributed by atoms with van der Waals surface area (Å²) in [5, 5.41) is 64.4. The van der Waals surface area contributed by atoms with Crippen LogP contribution in [0.3, 0.4) is 0 Å². The predicted molar refractivity (Wildman–Crippen MR) is 232 cm³/mol. The molecule has 0 saturated heterocycles. The number of rotatable bonds is 8. The van der Waals surface area contributed by atoms with Gasteiger partial charge in [0.05, 0.1) is 53.0 Å². The largest absolute Gasteiger partial charge is 0.507 e. The summed E-state index contributed by atoms with van der Waals surface area (Å²) < 4.78 is 23.6. The van der Waals surface area contributed by atoms with Gasteiger partial charge in [0.1, 0.15) is 30.0 Å². The molecule has 9 atom stereocenters. The van der Waals surface area contributed by atoms with Crippen LogP contribution in [0.2, 0.25) is 0 Å². The van der Waals surface area contributed by atoms with Crippen LogP contribution in [0.1, 0.15) is 81.9 Å². The number of methoxy groups -OCH3 is 1. The molecule has 1 amide bonds. The fourth-order valence-corrected chi connectivity index (χ4v) is 8.00. The highest BCUT2D eigenvalue weighted by Crippen LogP contribution is 2.55. The maximum Gasteiger partial charge on any atom is 0.312 e. The third-order valence-corrected chi connectivity index (χ3v) is 11.8. The lowest BCUT2D eigenvalue weighted by atomic mass is 9.78. The van der Waals surface area contributed by atoms with Crippen LogP contribution >= 0.6 is 0 Å². The molecule has 3 aliphatic heterocycles. The van der Waals surface area contributed by atoms with Gasteiger partial charge >= 0.3 is 11.8 Å². The van der Waals surface area contributed by atoms with Crippen molar-refractivity contribution in [3.05, 3.63) is 88.7 Å². The second kappa shape index (κ2) is 19.9. The Bertz CT molecular complexity index is 2270. The van der Waals surface area contributed by atoms with Gasteiger partial charge in [0.25, 0.3) is 11.7 Å². The van der Waals surface area contributed by atoms with E-state index in [-0.39, 0.29) is 51.1 Å². The van der Waals surface area contributed by atoms with Crippen LogP contribution in [0.15, 0.2) is 71.6 Å². The first-order chi connectivity index (χ1) is 29.3. The molecule has 0 saturated carbocycles. The molecule has 62 heavy (non-hydrogen) atoms. The summed E-state index contributed by atoms with van der Waals surface area (Å²) >= 11 is 0. The van der Waals surface area contributed by atoms with Gasteiger partial charge in [-0.1, -0.05) is 81.4 Å². The second-order valence-corrected chi connectivity index (χ2v) is 16.3. The van der Waals surface area contributed by atoms with Crippen molar-refractivity contribution in [2.75, 3.05) is 19.0 Å². The standard InChI is InChI=1S/C47H58N2O13/c1-24-15-13-16-25(2)46(57)49-37-32(23-48-60-21-14-19-31-17-11-10-12-18-31)41(54)34-35(42(37)55)40(53)29(6)44-36(34)45(56)47(8,62-44)59-22-20-33(58-9)26(3)43(61-30(7)50)28(5)39(52)27(4)38(24)51/h10-13,15-18,20,22-24,26-28,33,38-39,43,51-55H,14,19,21H2,1-9H3,(H,49,57)/t24-,26-,27-,28-,33+,38-,39-,43-,47-/m0/s1. The maximum absolute atomic E-state index is 14.4. The summed E-state index contributed by atoms with van der Waals surface area (Å²) in [6, 6.07) is 9.77. The average Bonchev–Trinajstić information content (AvgIpc) is 3.51. The lowest BCUT2D eigenvalue weighted by Gasteiger charge is -2.38. The molecule has 15 heteroatoms. The number of carbonyl (C=O) groups excluding carboxylic acids is 3. The zero-order valence-electron chi connectivity index (χ0n) is 36.5. The molecule has 3 heterocycles. The van der Waals surface area contributed by atoms with Crippen molar-refractivity contribution in [2.24, 2.45) is 28.8 Å². The average molecular weight is 859 g/mol. The molecule has 0 aromatic heterocycles. The van der Waals surface area contributed by atoms with Crippen molar-refractivity contribution in [1.82, 2.24) is 0 Å². The van der Waals surface area contributed by atoms with E-state index in [2.05, 4.69) is 10.5 Å². The number of aryl methyl sites for hydroxylation is 1. The monoisotopic (exact) mass is 858 g/mol. The number of allylic oxidation sites excluding steroid dienone is 2. The number of fused-ring (bicyclic) bond motifs is 14. The molecule has 6 rings (SSSR count). The van der Waals surface area contributed by atoms with Crippen LogP contribution in [0, 0.1) is 30.6 Å². The number of benzene rings is 3. The summed E-state index contributed by atoms with van der Waals surface area (Å²) in [5.74, 6) is -8.67. The Morgan fingerprint density at radius 3 is 2.29 bits per heavy atom. The quantitative estimate of drug-likeness (QED) is 0.0346. The van der Waals surface area contributed by atoms with Crippen molar-refractivity contribution in [3.63, 3.8) is 0 Å². The van der Waals surface area contributed by atoms with Gasteiger partial charge in [-0.05, 0) is 38.3 Å². The second-order valence-electron chi connectivity index (χ2n) is 16.3. The molecule has 6 N–H and O–H groups in total. The minimum Gasteiger partial charge on any atom is -0.507 e. The molecular formula is C47H58N2O13. The third-order valence-electron chi connectivity index (χ3n) is 11.8. The number of hydrogen-bond donors (Lipinski definition) is 6. The van der Waals surface area contributed by atoms with E-state index in [1.807, 2.05) is 30.3 Å². The zero-order chi connectivity index (χ0) is 45.6. The van der Waals surface area contributed by atoms with Crippen molar-refractivity contribution >= 4 is 40.3 Å². The molecule has 5 bridgehead atoms. The maximum atomic E-state index is 14.4. The van der Waals surface area contributed by atoms with Crippen LogP contribution < -0.4 is 10.1 Å². The number of anilines is 1. The Hall–Kier alpha value is -5.90. The number of nitrogens with zero attached hydrogens (tertiary/aromatic N) is 1. The number of ether oxygens (including phenoxy) is 4. The molecule has 3 aromatic carbocycles. The van der Waals surface area contributed by atoms with Crippen molar-refractivity contribution in [3.8, 4) is 23.0 Å². The van der Waals surface area contributed by atoms with E-state index >= 15 is 0 Å². The van der Waals surface area contributed by atoms with Gasteiger partial charge in [0.2, 0.25) is 0 Å². The summed E-state index contributed by atoms with van der Waals surface area (Å²) in [6.45, 7) is 12.6. The highest BCUT2D eigenvalue weighted by atomic mass is 16.7. The fraction of sp³-hybridized carbons (Fsp3) is 0.447. The van der Waals surface area contributed by atoms with Crippen molar-refractivity contribution < 1.29 is 63.7 Å². The number of phenolic OH excluding ortho intramolecular Hbond substituents is 3. The predicted octanol–water partition coefficient (Wildman–Crippen LogP) is 6.74. The van der Waals surface area contributed by atoms with E-state index in [1.165, 1.54) is 53.2 Å². The van der Waals surface area contributed by atoms with Gasteiger partial charge in [-0.15, -0.1) is 0 Å². The smallest absolute Gasteiger partial charge is 0.312 e. The number of esters is 1. The number of aliphatic hydroxyl groups is 2. The van der Waals surface area contributed by atoms with E-state index in [9.17, 15) is 39.9 Å². The fourth-order valence-electron chi connectivity index (χ4n) is 8.00. The van der Waals surface area contributed by atoms with Crippen LogP contribution in [0.4, 0.5) is 5.69 Å². The summed E-state index contributed by atoms with van der Waals surface area (Å²) in [7, 11) is 1.43. The van der Waals surface area contributed by atoms with Crippen molar-refractivity contribution in [1.29, 1.82) is 0 Å². The molecule has 3 aromatic rings. The number of phenols is 3. The number of aromatic hydroxyl groups is 3. The van der Waals surface area contributed by atoms with Gasteiger partial charge in [-0.2, -0.15) is 0 Å². The Morgan fingerprint density at radius 2 is 1.63 bits per heavy atom. The topological polar surface area (TPSA) is 223 Å². The van der Waals surface area contributed by atoms with Gasteiger partial charge in [-0.3, -0.25) is 14.4 Å². The number of carbonyl (C=O) groups is 3. The SMILES string of the molecule is CO[C@@H]1C=CO[C@@]2(C)Oc3c(C)c(O)c4c(O)c(c(C=NOCCCc5ccccc5)c(O)c4c3C2=O)NC(=O)C(C)=CC=C[C@H](C)[C@H](O)[C@H](C)[C@H](O)[C@H](C)[C@@H](OC(C)=O)[C@H]1C. The molecule has 0 radical (unpaired) electrons. The van der Waals surface area contributed by atoms with Crippen molar-refractivity contribution in [2.45, 2.75) is 98.4 Å². The number of nitrogens with one attached hydrogen (secondary N) is 1. The minimum atomic E-state index is -2.07. The summed E-state index contributed by atoms with van der Waals surface area (Å²) in [5.41, 5.74) is 0.484. The summed E-state index contributed by atoms with van der Waals surface area (Å²) in [4.78, 5) is 46.0. The lowest BCUT2D eigenvalue weighted by molar-refractivity contribution is -0.160. The van der Waals surface area contributed by atoms with E-state index in [0.29, 0.717) is 12.8 Å². The van der Waals surface area contributed by atoms with E-state index < -0.39 is 88.8 Å². The van der Waals surface area contributed by atoms with E-state index in [1.54, 1.807) is 39.8 Å². The normalized spacial score (nSPS) is 27.2. The van der Waals surface area contributed by atoms with E-state index in [0.717, 1.165) is 11.8 Å². The summed E-state index contributed by atoms with van der Waals surface area (Å²) in [6.07, 6.45) is 5.84. The first kappa shape index (κ1) is 47.2. The third kappa shape index (κ3) is 9.75. The lowest BCUT2D eigenvalue weighted by Crippen LogP contribution is -2.46. The number of amides is 1. The molecule has 0 fully saturated rings. The Kier molecular flexibility index (Phi) is 15.1. The minimum absolute atomic E-state index is 0.0322. The molecule has 0 unspecified atom stereocenters. The molecule has 334 valence electrons. The molecule has 0 aliphatic carbocycles. The number of hydrogen-bond acceptors (Lipinski definition) is 14. The highest BCUT2D eigenvalue weighted by molar-refractivity contribution is 6.23. The Morgan fingerprint density at radius 1 is 0.935 bits per heavy atom. The van der Waals surface area contributed by atoms with Gasteiger partial charge in [0, 0.05) is 61.2 Å². The number of ketones is 1. The Balaban J connectivity index is 1.64. The first-order valence-electron chi connectivity index (χ1n) is 20.6. The van der Waals surface area contributed by atoms with Crippen LogP contribution in [-0.2, 0) is 35.1 Å². The van der Waals surface area contributed by atoms with Crippen LogP contribution in [-0.4, -0.2) is 93.3 Å². The molecular weight excluding hydrogens is 801 g/mol. The van der Waals surface area contributed by atoms with Gasteiger partial charge in [-0.25, -0.2) is 0 Å². The van der Waals surface area contributed by atoms with Gasteiger partial charge < -0.3 is 54.6 Å². The number of aliphatic hydroxyl groups excluding tert-OH is 2. The number of oxime groups is 1. The molecule has 0 spiro atoms. The zero-order valence-corrected chi connectivity index (χ0v) is 36.5. The van der Waals surface area contributed by atoms with Gasteiger partial charge in [0.15, 0.2) is 5.75 Å². The van der Waals surface area contributed by atoms with Crippen LogP contribution in [0.5, 0.6) is 23.0 Å². The van der Waals surface area contributed by atoms with E-state index in [4.69, 9.17) is 23.8 Å². The molecule has 15 nitrogen and oxygen atoms in total. The Labute approximate surface area is 361 Å². The number of Topliss-reactive ketones (excluding diaryl/α,β-unsaturated/α-hetero) is 1.